The molecule has 0 bridgehead atoms. The average Bonchev–Trinajstić information content (AvgIpc) is 2.83. The zero-order valence-corrected chi connectivity index (χ0v) is 10.4. The summed E-state index contributed by atoms with van der Waals surface area (Å²) in [7, 11) is 0. The lowest BCUT2D eigenvalue weighted by atomic mass is 10.2. The van der Waals surface area contributed by atoms with Crippen molar-refractivity contribution in [3.8, 4) is 0 Å². The molecule has 0 fully saturated rings. The molecule has 2 aromatic heterocycles. The maximum absolute atomic E-state index is 12.4. The van der Waals surface area contributed by atoms with E-state index in [-0.39, 0.29) is 0 Å². The fourth-order valence-corrected chi connectivity index (χ4v) is 3.10. The summed E-state index contributed by atoms with van der Waals surface area (Å²) in [5.74, 6) is 0. The predicted octanol–water partition coefficient (Wildman–Crippen LogP) is 3.58. The number of hydrogen-bond donors (Lipinski definition) is 1. The van der Waals surface area contributed by atoms with Crippen LogP contribution in [-0.2, 0) is 6.18 Å². The number of rotatable bonds is 2. The largest absolute Gasteiger partial charge is 0.443 e. The van der Waals surface area contributed by atoms with E-state index in [9.17, 15) is 13.2 Å². The van der Waals surface area contributed by atoms with Gasteiger partial charge in [0.1, 0.15) is 0 Å². The number of nitrogens with zero attached hydrogens (tertiary/aromatic N) is 1. The van der Waals surface area contributed by atoms with Crippen LogP contribution < -0.4 is 5.73 Å². The molecule has 0 aliphatic rings. The monoisotopic (exact) mass is 278 g/mol. The fourth-order valence-electron chi connectivity index (χ4n) is 1.32. The minimum absolute atomic E-state index is 0.430. The Balaban J connectivity index is 2.26. The number of aromatic nitrogens is 1. The Morgan fingerprint density at radius 3 is 2.41 bits per heavy atom. The van der Waals surface area contributed by atoms with Gasteiger partial charge in [-0.1, -0.05) is 0 Å². The van der Waals surface area contributed by atoms with Gasteiger partial charge in [0.25, 0.3) is 0 Å². The lowest BCUT2D eigenvalue weighted by molar-refractivity contribution is -0.137. The van der Waals surface area contributed by atoms with E-state index in [0.717, 1.165) is 9.75 Å². The first-order valence-electron chi connectivity index (χ1n) is 4.73. The lowest BCUT2D eigenvalue weighted by Crippen LogP contribution is -2.08. The molecule has 0 aliphatic heterocycles. The van der Waals surface area contributed by atoms with Crippen LogP contribution in [0, 0.1) is 6.92 Å². The second-order valence-corrected chi connectivity index (χ2v) is 5.87. The zero-order chi connectivity index (χ0) is 12.6. The molecule has 0 aliphatic carbocycles. The highest BCUT2D eigenvalue weighted by Crippen LogP contribution is 2.36. The van der Waals surface area contributed by atoms with E-state index in [4.69, 9.17) is 5.73 Å². The van der Waals surface area contributed by atoms with Crippen LogP contribution in [0.15, 0.2) is 18.3 Å². The van der Waals surface area contributed by atoms with Crippen molar-refractivity contribution in [3.63, 3.8) is 0 Å². The molecule has 2 N–H and O–H groups in total. The minimum Gasteiger partial charge on any atom is -0.319 e. The summed E-state index contributed by atoms with van der Waals surface area (Å²) in [6.07, 6.45) is -3.19. The van der Waals surface area contributed by atoms with Gasteiger partial charge in [-0.15, -0.1) is 22.7 Å². The highest BCUT2D eigenvalue weighted by molar-refractivity contribution is 7.13. The standard InChI is InChI=1S/C10H9F3N2S2/c1-5-2-3-6(16-5)8(14)7-4-15-9(17-7)10(11,12)13/h2-4,8H,14H2,1H3. The maximum atomic E-state index is 12.4. The van der Waals surface area contributed by atoms with E-state index in [1.807, 2.05) is 19.1 Å². The molecule has 2 heterocycles. The van der Waals surface area contributed by atoms with Crippen molar-refractivity contribution < 1.29 is 13.2 Å². The zero-order valence-electron chi connectivity index (χ0n) is 8.78. The van der Waals surface area contributed by atoms with Crippen LogP contribution in [0.5, 0.6) is 0 Å². The summed E-state index contributed by atoms with van der Waals surface area (Å²) in [6, 6.07) is 3.20. The Bertz CT molecular complexity index is 516. The number of aryl methyl sites for hydroxylation is 1. The van der Waals surface area contributed by atoms with Crippen LogP contribution in [-0.4, -0.2) is 4.98 Å². The Hall–Kier alpha value is -0.920. The van der Waals surface area contributed by atoms with E-state index in [1.54, 1.807) is 0 Å². The van der Waals surface area contributed by atoms with Crippen molar-refractivity contribution in [3.05, 3.63) is 38.0 Å². The number of nitrogens with two attached hydrogens (primary N) is 1. The van der Waals surface area contributed by atoms with Gasteiger partial charge in [0.15, 0.2) is 5.01 Å². The van der Waals surface area contributed by atoms with Gasteiger partial charge in [-0.2, -0.15) is 13.2 Å². The summed E-state index contributed by atoms with van der Waals surface area (Å²) in [6.45, 7) is 1.93. The molecule has 7 heteroatoms. The molecule has 0 aromatic carbocycles. The van der Waals surface area contributed by atoms with Gasteiger partial charge in [-0.25, -0.2) is 4.98 Å². The first-order valence-corrected chi connectivity index (χ1v) is 6.36. The summed E-state index contributed by atoms with van der Waals surface area (Å²) < 4.78 is 37.1. The topological polar surface area (TPSA) is 38.9 Å². The third-order valence-corrected chi connectivity index (χ3v) is 4.35. The number of alkyl halides is 3. The number of thiazole rings is 1. The van der Waals surface area contributed by atoms with E-state index >= 15 is 0 Å². The Kier molecular flexibility index (Phi) is 3.24. The first kappa shape index (κ1) is 12.5. The van der Waals surface area contributed by atoms with Crippen LogP contribution in [0.3, 0.4) is 0 Å². The van der Waals surface area contributed by atoms with Crippen molar-refractivity contribution in [2.75, 3.05) is 0 Å². The summed E-state index contributed by atoms with van der Waals surface area (Å²) in [5, 5.41) is -0.851. The summed E-state index contributed by atoms with van der Waals surface area (Å²) in [5.41, 5.74) is 5.90. The third-order valence-electron chi connectivity index (χ3n) is 2.14. The molecular formula is C10H9F3N2S2. The van der Waals surface area contributed by atoms with E-state index in [1.165, 1.54) is 17.5 Å². The molecule has 92 valence electrons. The Labute approximate surface area is 104 Å². The molecular weight excluding hydrogens is 269 g/mol. The lowest BCUT2D eigenvalue weighted by Gasteiger charge is -2.05. The highest BCUT2D eigenvalue weighted by atomic mass is 32.1. The first-order chi connectivity index (χ1) is 7.88. The predicted molar refractivity (Wildman–Crippen MR) is 62.2 cm³/mol. The number of thiophene rings is 1. The quantitative estimate of drug-likeness (QED) is 0.912. The molecule has 0 spiro atoms. The molecule has 17 heavy (non-hydrogen) atoms. The van der Waals surface area contributed by atoms with Crippen LogP contribution in [0.25, 0.3) is 0 Å². The maximum Gasteiger partial charge on any atom is 0.443 e. The molecule has 1 unspecified atom stereocenters. The molecule has 2 rings (SSSR count). The summed E-state index contributed by atoms with van der Waals surface area (Å²) in [4.78, 5) is 5.72. The molecule has 0 amide bonds. The molecule has 1 atom stereocenters. The second-order valence-electron chi connectivity index (χ2n) is 3.49. The SMILES string of the molecule is Cc1ccc(C(N)c2cnc(C(F)(F)F)s2)s1. The molecule has 0 saturated carbocycles. The van der Waals surface area contributed by atoms with Gasteiger partial charge in [0.2, 0.25) is 0 Å². The second kappa shape index (κ2) is 4.40. The van der Waals surface area contributed by atoms with Crippen LogP contribution >= 0.6 is 22.7 Å². The minimum atomic E-state index is -4.39. The smallest absolute Gasteiger partial charge is 0.319 e. The third kappa shape index (κ3) is 2.67. The van der Waals surface area contributed by atoms with E-state index < -0.39 is 17.2 Å². The molecule has 2 nitrogen and oxygen atoms in total. The van der Waals surface area contributed by atoms with Gasteiger partial charge in [0.05, 0.1) is 6.04 Å². The van der Waals surface area contributed by atoms with Crippen molar-refractivity contribution in [2.45, 2.75) is 19.1 Å². The van der Waals surface area contributed by atoms with Crippen LogP contribution in [0.4, 0.5) is 13.2 Å². The van der Waals surface area contributed by atoms with E-state index in [2.05, 4.69) is 4.98 Å². The van der Waals surface area contributed by atoms with Crippen molar-refractivity contribution in [1.29, 1.82) is 0 Å². The molecule has 0 radical (unpaired) electrons. The van der Waals surface area contributed by atoms with Crippen molar-refractivity contribution >= 4 is 22.7 Å². The Morgan fingerprint density at radius 1 is 1.24 bits per heavy atom. The highest BCUT2D eigenvalue weighted by Gasteiger charge is 2.35. The average molecular weight is 278 g/mol. The summed E-state index contributed by atoms with van der Waals surface area (Å²) >= 11 is 2.08. The van der Waals surface area contributed by atoms with Crippen LogP contribution in [0.2, 0.25) is 0 Å². The normalized spacial score (nSPS) is 13.9. The molecule has 0 saturated heterocycles. The van der Waals surface area contributed by atoms with Gasteiger partial charge in [-0.05, 0) is 19.1 Å². The number of hydrogen-bond acceptors (Lipinski definition) is 4. The van der Waals surface area contributed by atoms with Crippen molar-refractivity contribution in [1.82, 2.24) is 4.98 Å². The van der Waals surface area contributed by atoms with Gasteiger partial charge >= 0.3 is 6.18 Å². The Morgan fingerprint density at radius 2 is 1.94 bits per heavy atom. The van der Waals surface area contributed by atoms with Gasteiger partial charge in [-0.3, -0.25) is 0 Å². The van der Waals surface area contributed by atoms with E-state index in [0.29, 0.717) is 16.2 Å². The molecule has 2 aromatic rings. The van der Waals surface area contributed by atoms with Crippen LogP contribution in [0.1, 0.15) is 25.7 Å². The van der Waals surface area contributed by atoms with Crippen molar-refractivity contribution in [2.24, 2.45) is 5.73 Å². The number of halogens is 3. The van der Waals surface area contributed by atoms with Gasteiger partial charge < -0.3 is 5.73 Å². The van der Waals surface area contributed by atoms with Gasteiger partial charge in [0, 0.05) is 20.8 Å². The fraction of sp³-hybridized carbons (Fsp3) is 0.300.